The summed E-state index contributed by atoms with van der Waals surface area (Å²) in [5.41, 5.74) is 4.08. The summed E-state index contributed by atoms with van der Waals surface area (Å²) in [4.78, 5) is 12.6. The van der Waals surface area contributed by atoms with E-state index in [1.54, 1.807) is 12.1 Å². The molecule has 0 saturated carbocycles. The first-order valence-corrected chi connectivity index (χ1v) is 10.1. The molecule has 0 bridgehead atoms. The quantitative estimate of drug-likeness (QED) is 0.419. The second-order valence-corrected chi connectivity index (χ2v) is 7.99. The van der Waals surface area contributed by atoms with E-state index in [0.717, 1.165) is 12.8 Å². The number of allylic oxidation sites excluding steroid dienone is 4. The lowest BCUT2D eigenvalue weighted by atomic mass is 9.91. The molecule has 1 heterocycles. The molecule has 1 atom stereocenters. The first-order valence-electron chi connectivity index (χ1n) is 10.1. The Balaban J connectivity index is 1.88. The van der Waals surface area contributed by atoms with Gasteiger partial charge in [-0.1, -0.05) is 29.4 Å². The van der Waals surface area contributed by atoms with Crippen LogP contribution in [-0.2, 0) is 6.42 Å². The summed E-state index contributed by atoms with van der Waals surface area (Å²) in [7, 11) is 0. The maximum absolute atomic E-state index is 12.6. The Kier molecular flexibility index (Phi) is 6.50. The number of carbonyl (C=O) groups excluding carboxylic acids is 1. The van der Waals surface area contributed by atoms with Crippen molar-refractivity contribution in [2.45, 2.75) is 52.6 Å². The molecule has 3 rings (SSSR count). The summed E-state index contributed by atoms with van der Waals surface area (Å²) < 4.78 is 6.00. The second-order valence-electron chi connectivity index (χ2n) is 7.99. The zero-order valence-corrected chi connectivity index (χ0v) is 17.6. The number of ether oxygens (including phenoxy) is 1. The van der Waals surface area contributed by atoms with Crippen LogP contribution in [0.5, 0.6) is 23.0 Å². The molecular formula is C25H28O5. The highest BCUT2D eigenvalue weighted by atomic mass is 16.5. The van der Waals surface area contributed by atoms with Gasteiger partial charge in [0.2, 0.25) is 0 Å². The minimum atomic E-state index is -0.604. The van der Waals surface area contributed by atoms with E-state index < -0.39 is 6.10 Å². The molecule has 5 nitrogen and oxygen atoms in total. The summed E-state index contributed by atoms with van der Waals surface area (Å²) in [6, 6.07) is 7.53. The Hall–Kier alpha value is -3.21. The average molecular weight is 408 g/mol. The summed E-state index contributed by atoms with van der Waals surface area (Å²) in [5.74, 6) is -0.148. The van der Waals surface area contributed by atoms with Gasteiger partial charge in [0.05, 0.1) is 12.0 Å². The van der Waals surface area contributed by atoms with E-state index in [0.29, 0.717) is 28.9 Å². The minimum Gasteiger partial charge on any atom is -0.508 e. The van der Waals surface area contributed by atoms with Crippen molar-refractivity contribution in [1.82, 2.24) is 0 Å². The SMILES string of the molecule is CC(C)=CCCC(C)=CCc1c(C2CC(=O)c3ccc(O)cc3O2)ccc(O)c1O. The standard InChI is InChI=1S/C25H28O5/c1-15(2)5-4-6-16(3)7-9-19-18(11-12-21(27)25(19)29)24-14-22(28)20-10-8-17(26)13-23(20)30-24/h5,7-8,10-13,24,26-27,29H,4,6,9,14H2,1-3H3. The van der Waals surface area contributed by atoms with Crippen molar-refractivity contribution in [3.05, 3.63) is 70.3 Å². The van der Waals surface area contributed by atoms with Gasteiger partial charge in [-0.15, -0.1) is 0 Å². The number of carbonyl (C=O) groups is 1. The number of hydrogen-bond donors (Lipinski definition) is 3. The van der Waals surface area contributed by atoms with Crippen LogP contribution in [-0.4, -0.2) is 21.1 Å². The monoisotopic (exact) mass is 408 g/mol. The number of Topliss-reactive ketones (excluding diaryl/α,β-unsaturated/α-hetero) is 1. The van der Waals surface area contributed by atoms with Gasteiger partial charge in [-0.05, 0) is 58.2 Å². The zero-order chi connectivity index (χ0) is 21.8. The third-order valence-electron chi connectivity index (χ3n) is 5.30. The first kappa shape index (κ1) is 21.5. The molecule has 1 aliphatic heterocycles. The average Bonchev–Trinajstić information content (AvgIpc) is 2.68. The summed E-state index contributed by atoms with van der Waals surface area (Å²) in [5, 5.41) is 30.3. The van der Waals surface area contributed by atoms with Crippen LogP contribution < -0.4 is 4.74 Å². The fourth-order valence-electron chi connectivity index (χ4n) is 3.61. The molecule has 2 aromatic rings. The molecule has 1 unspecified atom stereocenters. The lowest BCUT2D eigenvalue weighted by Gasteiger charge is -2.27. The number of rotatable bonds is 6. The van der Waals surface area contributed by atoms with Gasteiger partial charge in [0, 0.05) is 17.2 Å². The Morgan fingerprint density at radius 3 is 2.60 bits per heavy atom. The highest BCUT2D eigenvalue weighted by molar-refractivity contribution is 6.00. The van der Waals surface area contributed by atoms with Crippen molar-refractivity contribution in [1.29, 1.82) is 0 Å². The van der Waals surface area contributed by atoms with Crippen LogP contribution in [0.4, 0.5) is 0 Å². The molecule has 0 aliphatic carbocycles. The molecule has 0 spiro atoms. The molecule has 3 N–H and O–H groups in total. The second kappa shape index (κ2) is 9.08. The Labute approximate surface area is 177 Å². The van der Waals surface area contributed by atoms with Gasteiger partial charge in [-0.25, -0.2) is 0 Å². The molecule has 0 fully saturated rings. The minimum absolute atomic E-state index is 0.0194. The van der Waals surface area contributed by atoms with Crippen molar-refractivity contribution in [3.8, 4) is 23.0 Å². The van der Waals surface area contributed by atoms with Crippen molar-refractivity contribution in [2.75, 3.05) is 0 Å². The molecule has 2 aromatic carbocycles. The van der Waals surface area contributed by atoms with Crippen LogP contribution >= 0.6 is 0 Å². The molecule has 0 saturated heterocycles. The van der Waals surface area contributed by atoms with Crippen LogP contribution in [0.2, 0.25) is 0 Å². The summed E-state index contributed by atoms with van der Waals surface area (Å²) in [6.07, 6.45) is 6.00. The van der Waals surface area contributed by atoms with Crippen LogP contribution in [0.25, 0.3) is 0 Å². The number of benzene rings is 2. The highest BCUT2D eigenvalue weighted by Crippen LogP contribution is 2.41. The van der Waals surface area contributed by atoms with E-state index in [9.17, 15) is 20.1 Å². The van der Waals surface area contributed by atoms with Gasteiger partial charge in [0.25, 0.3) is 0 Å². The van der Waals surface area contributed by atoms with Gasteiger partial charge >= 0.3 is 0 Å². The van der Waals surface area contributed by atoms with Crippen molar-refractivity contribution >= 4 is 5.78 Å². The summed E-state index contributed by atoms with van der Waals surface area (Å²) >= 11 is 0. The predicted molar refractivity (Wildman–Crippen MR) is 116 cm³/mol. The maximum Gasteiger partial charge on any atom is 0.170 e. The van der Waals surface area contributed by atoms with E-state index in [1.807, 2.05) is 13.0 Å². The molecule has 0 amide bonds. The molecule has 0 aromatic heterocycles. The van der Waals surface area contributed by atoms with E-state index in [2.05, 4.69) is 19.9 Å². The third kappa shape index (κ3) is 4.85. The Morgan fingerprint density at radius 2 is 1.87 bits per heavy atom. The van der Waals surface area contributed by atoms with E-state index in [-0.39, 0.29) is 29.5 Å². The number of phenols is 3. The van der Waals surface area contributed by atoms with Gasteiger partial charge in [-0.3, -0.25) is 4.79 Å². The van der Waals surface area contributed by atoms with E-state index in [1.165, 1.54) is 29.3 Å². The normalized spacial score (nSPS) is 16.0. The third-order valence-corrected chi connectivity index (χ3v) is 5.30. The number of aromatic hydroxyl groups is 3. The van der Waals surface area contributed by atoms with E-state index in [4.69, 9.17) is 4.74 Å². The van der Waals surface area contributed by atoms with Crippen LogP contribution in [0.1, 0.15) is 67.6 Å². The number of hydrogen-bond acceptors (Lipinski definition) is 5. The van der Waals surface area contributed by atoms with Crippen LogP contribution in [0.3, 0.4) is 0 Å². The number of fused-ring (bicyclic) bond motifs is 1. The van der Waals surface area contributed by atoms with Gasteiger partial charge in [0.1, 0.15) is 17.6 Å². The highest BCUT2D eigenvalue weighted by Gasteiger charge is 2.30. The van der Waals surface area contributed by atoms with Gasteiger partial charge in [0.15, 0.2) is 17.3 Å². The maximum atomic E-state index is 12.6. The molecule has 30 heavy (non-hydrogen) atoms. The van der Waals surface area contributed by atoms with Crippen molar-refractivity contribution < 1.29 is 24.9 Å². The predicted octanol–water partition coefficient (Wildman–Crippen LogP) is 5.75. The number of ketones is 1. The van der Waals surface area contributed by atoms with Gasteiger partial charge < -0.3 is 20.1 Å². The van der Waals surface area contributed by atoms with Crippen LogP contribution in [0, 0.1) is 0 Å². The van der Waals surface area contributed by atoms with Crippen molar-refractivity contribution in [2.24, 2.45) is 0 Å². The lowest BCUT2D eigenvalue weighted by Crippen LogP contribution is -2.21. The molecule has 5 heteroatoms. The van der Waals surface area contributed by atoms with Crippen LogP contribution in [0.15, 0.2) is 53.6 Å². The largest absolute Gasteiger partial charge is 0.508 e. The zero-order valence-electron chi connectivity index (χ0n) is 17.6. The summed E-state index contributed by atoms with van der Waals surface area (Å²) in [6.45, 7) is 6.18. The first-order chi connectivity index (χ1) is 14.3. The lowest BCUT2D eigenvalue weighted by molar-refractivity contribution is 0.0848. The molecule has 1 aliphatic rings. The molecule has 158 valence electrons. The molecular weight excluding hydrogens is 380 g/mol. The topological polar surface area (TPSA) is 87.0 Å². The number of phenolic OH excluding ortho intramolecular Hbond substituents is 3. The molecule has 0 radical (unpaired) electrons. The van der Waals surface area contributed by atoms with E-state index >= 15 is 0 Å². The fourth-order valence-corrected chi connectivity index (χ4v) is 3.61. The van der Waals surface area contributed by atoms with Crippen molar-refractivity contribution in [3.63, 3.8) is 0 Å². The fraction of sp³-hybridized carbons (Fsp3) is 0.320. The Morgan fingerprint density at radius 1 is 1.10 bits per heavy atom. The Bertz CT molecular complexity index is 1010. The van der Waals surface area contributed by atoms with Gasteiger partial charge in [-0.2, -0.15) is 0 Å². The smallest absolute Gasteiger partial charge is 0.170 e.